The Labute approximate surface area is 186 Å². The molecule has 2 aromatic rings. The van der Waals surface area contributed by atoms with Crippen molar-refractivity contribution in [2.75, 3.05) is 6.54 Å². The zero-order chi connectivity index (χ0) is 22.9. The van der Waals surface area contributed by atoms with Crippen molar-refractivity contribution in [1.82, 2.24) is 15.5 Å². The number of hydrogen-bond donors (Lipinski definition) is 1. The Balaban J connectivity index is 1.20. The molecule has 1 aliphatic heterocycles. The fourth-order valence-electron chi connectivity index (χ4n) is 3.69. The van der Waals surface area contributed by atoms with Gasteiger partial charge in [0.2, 0.25) is 11.8 Å². The molecule has 172 valence electrons. The maximum Gasteiger partial charge on any atom is 0.522 e. The summed E-state index contributed by atoms with van der Waals surface area (Å²) in [4.78, 5) is 12.4. The van der Waals surface area contributed by atoms with Crippen LogP contribution in [-0.2, 0) is 16.0 Å². The van der Waals surface area contributed by atoms with Crippen LogP contribution in [0.1, 0.15) is 48.9 Å². The number of aryl methyl sites for hydroxylation is 1. The number of carbonyl (C=O) groups excluding carboxylic acids is 1. The first-order valence-corrected chi connectivity index (χ1v) is 10.5. The highest BCUT2D eigenvalue weighted by atomic mass is 35.5. The molecule has 1 aromatic heterocycles. The van der Waals surface area contributed by atoms with Crippen molar-refractivity contribution in [3.8, 4) is 5.75 Å². The molecule has 1 fully saturated rings. The molecule has 0 spiro atoms. The molecular weight excluding hydrogens is 451 g/mol. The van der Waals surface area contributed by atoms with Gasteiger partial charge in [-0.15, -0.1) is 23.4 Å². The van der Waals surface area contributed by atoms with E-state index in [2.05, 4.69) is 26.8 Å². The predicted molar refractivity (Wildman–Crippen MR) is 108 cm³/mol. The molecule has 32 heavy (non-hydrogen) atoms. The lowest BCUT2D eigenvalue weighted by atomic mass is 9.82. The molecule has 0 bridgehead atoms. The Morgan fingerprint density at radius 3 is 2.84 bits per heavy atom. The SMILES string of the molecule is C=C(CCNC(=O)C1CCc2cc(Cl)ccc2O1)c1nnc([C@H]2C[C@@H](OC(F)(F)F)C2)o1. The number of nitrogens with zero attached hydrogens (tertiary/aromatic N) is 2. The molecule has 4 rings (SSSR count). The highest BCUT2D eigenvalue weighted by Gasteiger charge is 2.42. The van der Waals surface area contributed by atoms with Crippen LogP contribution in [0.2, 0.25) is 5.02 Å². The van der Waals surface area contributed by atoms with Crippen molar-refractivity contribution < 1.29 is 31.9 Å². The van der Waals surface area contributed by atoms with E-state index in [1.165, 1.54) is 0 Å². The fraction of sp³-hybridized carbons (Fsp3) is 0.476. The van der Waals surface area contributed by atoms with Crippen LogP contribution in [-0.4, -0.2) is 41.2 Å². The number of ether oxygens (including phenoxy) is 2. The molecule has 0 saturated heterocycles. The van der Waals surface area contributed by atoms with Gasteiger partial charge in [0.05, 0.1) is 6.10 Å². The molecule has 1 atom stereocenters. The van der Waals surface area contributed by atoms with E-state index >= 15 is 0 Å². The Kier molecular flexibility index (Phi) is 6.43. The topological polar surface area (TPSA) is 86.5 Å². The van der Waals surface area contributed by atoms with Crippen LogP contribution in [0.15, 0.2) is 29.2 Å². The van der Waals surface area contributed by atoms with Gasteiger partial charge in [0.15, 0.2) is 6.10 Å². The zero-order valence-electron chi connectivity index (χ0n) is 17.0. The van der Waals surface area contributed by atoms with Crippen LogP contribution >= 0.6 is 11.6 Å². The summed E-state index contributed by atoms with van der Waals surface area (Å²) in [6, 6.07) is 5.31. The number of aromatic nitrogens is 2. The van der Waals surface area contributed by atoms with Crippen molar-refractivity contribution >= 4 is 23.1 Å². The largest absolute Gasteiger partial charge is 0.522 e. The van der Waals surface area contributed by atoms with Crippen molar-refractivity contribution in [1.29, 1.82) is 0 Å². The highest BCUT2D eigenvalue weighted by Crippen LogP contribution is 2.41. The van der Waals surface area contributed by atoms with Gasteiger partial charge >= 0.3 is 6.36 Å². The standard InChI is InChI=1S/C21H21ClF3N3O4/c1-11(19-27-28-20(31-19)13-9-15(10-13)32-21(23,24)25)6-7-26-18(29)17-4-2-12-8-14(22)3-5-16(12)30-17/h3,5,8,13,15,17H,1-2,4,6-7,9-10H2,(H,26,29)/t13-,15+,17?. The number of fused-ring (bicyclic) bond motifs is 1. The molecule has 1 aromatic carbocycles. The summed E-state index contributed by atoms with van der Waals surface area (Å²) in [5.41, 5.74) is 1.50. The van der Waals surface area contributed by atoms with Gasteiger partial charge in [-0.2, -0.15) is 0 Å². The van der Waals surface area contributed by atoms with E-state index in [0.717, 1.165) is 5.56 Å². The summed E-state index contributed by atoms with van der Waals surface area (Å²) in [5, 5.41) is 11.3. The lowest BCUT2D eigenvalue weighted by molar-refractivity contribution is -0.352. The number of nitrogens with one attached hydrogen (secondary N) is 1. The molecular formula is C21H21ClF3N3O4. The number of rotatable bonds is 7. The third-order valence-corrected chi connectivity index (χ3v) is 5.71. The molecule has 2 aliphatic rings. The number of halogens is 4. The second kappa shape index (κ2) is 9.11. The maximum absolute atomic E-state index is 12.4. The van der Waals surface area contributed by atoms with Crippen LogP contribution < -0.4 is 10.1 Å². The van der Waals surface area contributed by atoms with Crippen molar-refractivity contribution in [2.24, 2.45) is 0 Å². The van der Waals surface area contributed by atoms with E-state index in [4.69, 9.17) is 20.8 Å². The van der Waals surface area contributed by atoms with Crippen molar-refractivity contribution in [3.05, 3.63) is 47.1 Å². The molecule has 1 unspecified atom stereocenters. The zero-order valence-corrected chi connectivity index (χ0v) is 17.7. The second-order valence-electron chi connectivity index (χ2n) is 7.84. The van der Waals surface area contributed by atoms with E-state index in [1.807, 2.05) is 6.07 Å². The molecule has 7 nitrogen and oxygen atoms in total. The third kappa shape index (κ3) is 5.42. The molecule has 2 heterocycles. The summed E-state index contributed by atoms with van der Waals surface area (Å²) < 4.78 is 51.9. The van der Waals surface area contributed by atoms with E-state index in [0.29, 0.717) is 42.2 Å². The molecule has 1 N–H and O–H groups in total. The van der Waals surface area contributed by atoms with E-state index in [9.17, 15) is 18.0 Å². The molecule has 1 saturated carbocycles. The Bertz CT molecular complexity index is 1000. The van der Waals surface area contributed by atoms with Gasteiger partial charge in [0.25, 0.3) is 5.91 Å². The minimum Gasteiger partial charge on any atom is -0.480 e. The van der Waals surface area contributed by atoms with Gasteiger partial charge in [0.1, 0.15) is 5.75 Å². The van der Waals surface area contributed by atoms with Crippen molar-refractivity contribution in [3.63, 3.8) is 0 Å². The lowest BCUT2D eigenvalue weighted by Gasteiger charge is -2.32. The maximum atomic E-state index is 12.4. The van der Waals surface area contributed by atoms with E-state index < -0.39 is 18.6 Å². The first kappa shape index (κ1) is 22.6. The Morgan fingerprint density at radius 2 is 2.09 bits per heavy atom. The van der Waals surface area contributed by atoms with Gasteiger partial charge in [-0.05, 0) is 55.9 Å². The minimum atomic E-state index is -4.64. The van der Waals surface area contributed by atoms with Crippen LogP contribution in [0, 0.1) is 0 Å². The number of benzene rings is 1. The summed E-state index contributed by atoms with van der Waals surface area (Å²) in [5.74, 6) is 0.630. The molecule has 1 aliphatic carbocycles. The number of amides is 1. The summed E-state index contributed by atoms with van der Waals surface area (Å²) >= 11 is 5.98. The second-order valence-corrected chi connectivity index (χ2v) is 8.28. The first-order chi connectivity index (χ1) is 15.2. The monoisotopic (exact) mass is 471 g/mol. The molecule has 0 radical (unpaired) electrons. The van der Waals surface area contributed by atoms with Gasteiger partial charge in [0, 0.05) is 23.1 Å². The normalized spacial score (nSPS) is 22.4. The lowest BCUT2D eigenvalue weighted by Crippen LogP contribution is -2.40. The number of carbonyl (C=O) groups is 1. The number of hydrogen-bond acceptors (Lipinski definition) is 6. The Hall–Kier alpha value is -2.59. The average molecular weight is 472 g/mol. The van der Waals surface area contributed by atoms with Crippen LogP contribution in [0.5, 0.6) is 5.75 Å². The third-order valence-electron chi connectivity index (χ3n) is 5.47. The predicted octanol–water partition coefficient (Wildman–Crippen LogP) is 4.42. The fourth-order valence-corrected chi connectivity index (χ4v) is 3.89. The minimum absolute atomic E-state index is 0.167. The summed E-state index contributed by atoms with van der Waals surface area (Å²) in [6.45, 7) is 4.19. The van der Waals surface area contributed by atoms with Crippen LogP contribution in [0.25, 0.3) is 5.57 Å². The van der Waals surface area contributed by atoms with Gasteiger partial charge in [-0.25, -0.2) is 0 Å². The molecule has 1 amide bonds. The molecule has 11 heteroatoms. The van der Waals surface area contributed by atoms with Crippen molar-refractivity contribution in [2.45, 2.75) is 56.6 Å². The van der Waals surface area contributed by atoms with Crippen LogP contribution in [0.4, 0.5) is 13.2 Å². The quantitative estimate of drug-likeness (QED) is 0.643. The highest BCUT2D eigenvalue weighted by molar-refractivity contribution is 6.30. The van der Waals surface area contributed by atoms with Crippen LogP contribution in [0.3, 0.4) is 0 Å². The smallest absolute Gasteiger partial charge is 0.480 e. The van der Waals surface area contributed by atoms with E-state index in [1.54, 1.807) is 12.1 Å². The average Bonchev–Trinajstić information content (AvgIpc) is 3.18. The number of alkyl halides is 3. The van der Waals surface area contributed by atoms with Gasteiger partial charge < -0.3 is 14.5 Å². The Morgan fingerprint density at radius 1 is 1.31 bits per heavy atom. The summed E-state index contributed by atoms with van der Waals surface area (Å²) in [6.07, 6.45) is -4.17. The summed E-state index contributed by atoms with van der Waals surface area (Å²) in [7, 11) is 0. The van der Waals surface area contributed by atoms with Gasteiger partial charge in [-0.1, -0.05) is 18.2 Å². The first-order valence-electron chi connectivity index (χ1n) is 10.2. The van der Waals surface area contributed by atoms with E-state index in [-0.39, 0.29) is 36.4 Å². The van der Waals surface area contributed by atoms with Gasteiger partial charge in [-0.3, -0.25) is 9.53 Å².